The normalized spacial score (nSPS) is 16.7. The second-order valence-corrected chi connectivity index (χ2v) is 6.90. The summed E-state index contributed by atoms with van der Waals surface area (Å²) in [5.41, 5.74) is 1.33. The van der Waals surface area contributed by atoms with Crippen LogP contribution in [0, 0.1) is 5.82 Å². The standard InChI is InChI=1S/C20H18FN3O3S/c1-22-20-24(2)19(26)17(28-20)11-13-3-9-16(10-4-13)27-12-18(25)23-15-7-5-14(21)6-8-15/h3-11H,12H2,1-2H3,(H,23,25)/b17-11+,22-20?. The Hall–Kier alpha value is -3.13. The fourth-order valence-corrected chi connectivity index (χ4v) is 3.37. The van der Waals surface area contributed by atoms with Crippen LogP contribution in [0.1, 0.15) is 5.56 Å². The van der Waals surface area contributed by atoms with E-state index in [0.29, 0.717) is 21.5 Å². The Bertz CT molecular complexity index is 940. The molecule has 2 aromatic carbocycles. The third-order valence-electron chi connectivity index (χ3n) is 3.87. The van der Waals surface area contributed by atoms with Gasteiger partial charge in [0.25, 0.3) is 11.8 Å². The number of amidine groups is 1. The van der Waals surface area contributed by atoms with Gasteiger partial charge in [0.2, 0.25) is 0 Å². The molecular weight excluding hydrogens is 381 g/mol. The molecule has 0 atom stereocenters. The van der Waals surface area contributed by atoms with Crippen LogP contribution < -0.4 is 10.1 Å². The molecule has 0 bridgehead atoms. The molecule has 144 valence electrons. The predicted molar refractivity (Wildman–Crippen MR) is 109 cm³/mol. The van der Waals surface area contributed by atoms with Crippen LogP contribution in [0.4, 0.5) is 10.1 Å². The summed E-state index contributed by atoms with van der Waals surface area (Å²) in [6.45, 7) is -0.173. The highest BCUT2D eigenvalue weighted by atomic mass is 32.2. The first kappa shape index (κ1) is 19.6. The summed E-state index contributed by atoms with van der Waals surface area (Å²) in [4.78, 5) is 30.2. The number of hydrogen-bond acceptors (Lipinski definition) is 5. The van der Waals surface area contributed by atoms with Crippen molar-refractivity contribution in [3.05, 3.63) is 64.8 Å². The second-order valence-electron chi connectivity index (χ2n) is 5.89. The number of ether oxygens (including phenoxy) is 1. The van der Waals surface area contributed by atoms with E-state index in [9.17, 15) is 14.0 Å². The number of nitrogens with zero attached hydrogens (tertiary/aromatic N) is 2. The Kier molecular flexibility index (Phi) is 6.10. The van der Waals surface area contributed by atoms with Crippen LogP contribution in [0.5, 0.6) is 5.75 Å². The first-order valence-corrected chi connectivity index (χ1v) is 9.20. The largest absolute Gasteiger partial charge is 0.484 e. The third kappa shape index (κ3) is 4.77. The van der Waals surface area contributed by atoms with Gasteiger partial charge in [0.1, 0.15) is 11.6 Å². The average molecular weight is 399 g/mol. The predicted octanol–water partition coefficient (Wildman–Crippen LogP) is 3.38. The molecule has 1 fully saturated rings. The van der Waals surface area contributed by atoms with Gasteiger partial charge < -0.3 is 10.1 Å². The summed E-state index contributed by atoms with van der Waals surface area (Å²) >= 11 is 1.32. The number of carbonyl (C=O) groups excluding carboxylic acids is 2. The lowest BCUT2D eigenvalue weighted by Gasteiger charge is -2.08. The van der Waals surface area contributed by atoms with Crippen LogP contribution in [0.3, 0.4) is 0 Å². The molecule has 0 spiro atoms. The molecule has 1 aliphatic rings. The molecular formula is C20H18FN3O3S. The summed E-state index contributed by atoms with van der Waals surface area (Å²) in [7, 11) is 3.33. The molecule has 0 unspecified atom stereocenters. The van der Waals surface area contributed by atoms with Crippen molar-refractivity contribution in [2.45, 2.75) is 0 Å². The molecule has 0 aliphatic carbocycles. The number of likely N-dealkylation sites (N-methyl/N-ethyl adjacent to an activating group) is 1. The van der Waals surface area contributed by atoms with Crippen molar-refractivity contribution in [3.8, 4) is 5.75 Å². The monoisotopic (exact) mass is 399 g/mol. The van der Waals surface area contributed by atoms with Crippen molar-refractivity contribution in [2.24, 2.45) is 4.99 Å². The van der Waals surface area contributed by atoms with Crippen molar-refractivity contribution in [1.82, 2.24) is 4.90 Å². The summed E-state index contributed by atoms with van der Waals surface area (Å²) in [6, 6.07) is 12.5. The first-order valence-electron chi connectivity index (χ1n) is 8.39. The smallest absolute Gasteiger partial charge is 0.266 e. The zero-order chi connectivity index (χ0) is 20.1. The minimum absolute atomic E-state index is 0.0941. The average Bonchev–Trinajstić information content (AvgIpc) is 2.97. The number of hydrogen-bond donors (Lipinski definition) is 1. The van der Waals surface area contributed by atoms with Crippen molar-refractivity contribution < 1.29 is 18.7 Å². The maximum Gasteiger partial charge on any atom is 0.266 e. The minimum Gasteiger partial charge on any atom is -0.484 e. The van der Waals surface area contributed by atoms with Crippen molar-refractivity contribution in [3.63, 3.8) is 0 Å². The number of halogens is 1. The summed E-state index contributed by atoms with van der Waals surface area (Å²) in [6.07, 6.45) is 1.78. The lowest BCUT2D eigenvalue weighted by Crippen LogP contribution is -2.23. The van der Waals surface area contributed by atoms with E-state index in [1.54, 1.807) is 44.4 Å². The molecule has 0 aromatic heterocycles. The summed E-state index contributed by atoms with van der Waals surface area (Å²) in [5.74, 6) is -0.287. The maximum atomic E-state index is 12.9. The van der Waals surface area contributed by atoms with Gasteiger partial charge in [0.05, 0.1) is 4.91 Å². The van der Waals surface area contributed by atoms with Crippen LogP contribution >= 0.6 is 11.8 Å². The van der Waals surface area contributed by atoms with Gasteiger partial charge in [-0.05, 0) is 59.8 Å². The number of aliphatic imine (C=N–C) groups is 1. The summed E-state index contributed by atoms with van der Waals surface area (Å²) < 4.78 is 18.3. The Labute approximate surface area is 166 Å². The van der Waals surface area contributed by atoms with Crippen molar-refractivity contribution in [2.75, 3.05) is 26.0 Å². The van der Waals surface area contributed by atoms with Crippen molar-refractivity contribution >= 4 is 40.5 Å². The molecule has 0 saturated carbocycles. The number of anilines is 1. The molecule has 1 N–H and O–H groups in total. The molecule has 8 heteroatoms. The van der Waals surface area contributed by atoms with Gasteiger partial charge in [-0.25, -0.2) is 4.39 Å². The second kappa shape index (κ2) is 8.71. The van der Waals surface area contributed by atoms with Gasteiger partial charge in [-0.2, -0.15) is 0 Å². The number of benzene rings is 2. The van der Waals surface area contributed by atoms with E-state index >= 15 is 0 Å². The van der Waals surface area contributed by atoms with Gasteiger partial charge in [-0.1, -0.05) is 12.1 Å². The van der Waals surface area contributed by atoms with E-state index in [1.807, 2.05) is 0 Å². The first-order chi connectivity index (χ1) is 13.5. The van der Waals surface area contributed by atoms with E-state index < -0.39 is 0 Å². The quantitative estimate of drug-likeness (QED) is 0.783. The molecule has 1 aliphatic heterocycles. The SMILES string of the molecule is CN=C1S/C(=C/c2ccc(OCC(=O)Nc3ccc(F)cc3)cc2)C(=O)N1C. The Morgan fingerprint density at radius 1 is 1.21 bits per heavy atom. The molecule has 28 heavy (non-hydrogen) atoms. The van der Waals surface area contributed by atoms with E-state index in [0.717, 1.165) is 5.56 Å². The van der Waals surface area contributed by atoms with Crippen molar-refractivity contribution in [1.29, 1.82) is 0 Å². The Morgan fingerprint density at radius 2 is 1.89 bits per heavy atom. The molecule has 3 rings (SSSR count). The molecule has 2 amide bonds. The molecule has 6 nitrogen and oxygen atoms in total. The van der Waals surface area contributed by atoms with E-state index in [-0.39, 0.29) is 24.2 Å². The highest BCUT2D eigenvalue weighted by Gasteiger charge is 2.29. The highest BCUT2D eigenvalue weighted by Crippen LogP contribution is 2.31. The fourth-order valence-electron chi connectivity index (χ4n) is 2.44. The van der Waals surface area contributed by atoms with Gasteiger partial charge in [0, 0.05) is 19.8 Å². The van der Waals surface area contributed by atoms with Crippen LogP contribution in [-0.4, -0.2) is 42.6 Å². The number of rotatable bonds is 5. The highest BCUT2D eigenvalue weighted by molar-refractivity contribution is 8.18. The van der Waals surface area contributed by atoms with E-state index in [1.165, 1.54) is 40.9 Å². The van der Waals surface area contributed by atoms with Crippen LogP contribution in [0.15, 0.2) is 58.4 Å². The summed E-state index contributed by atoms with van der Waals surface area (Å²) in [5, 5.41) is 3.28. The molecule has 1 saturated heterocycles. The Balaban J connectivity index is 1.56. The Morgan fingerprint density at radius 3 is 2.50 bits per heavy atom. The molecule has 0 radical (unpaired) electrons. The van der Waals surface area contributed by atoms with Crippen LogP contribution in [0.25, 0.3) is 6.08 Å². The zero-order valence-electron chi connectivity index (χ0n) is 15.3. The number of thioether (sulfide) groups is 1. The lowest BCUT2D eigenvalue weighted by atomic mass is 10.2. The topological polar surface area (TPSA) is 71.0 Å². The zero-order valence-corrected chi connectivity index (χ0v) is 16.1. The van der Waals surface area contributed by atoms with E-state index in [2.05, 4.69) is 10.3 Å². The van der Waals surface area contributed by atoms with Gasteiger partial charge in [0.15, 0.2) is 11.8 Å². The van der Waals surface area contributed by atoms with Crippen LogP contribution in [0.2, 0.25) is 0 Å². The van der Waals surface area contributed by atoms with Gasteiger partial charge in [-0.15, -0.1) is 0 Å². The molecule has 1 heterocycles. The molecule has 2 aromatic rings. The lowest BCUT2D eigenvalue weighted by molar-refractivity contribution is -0.121. The van der Waals surface area contributed by atoms with Gasteiger partial charge >= 0.3 is 0 Å². The number of carbonyl (C=O) groups is 2. The minimum atomic E-state index is -0.369. The van der Waals surface area contributed by atoms with E-state index in [4.69, 9.17) is 4.74 Å². The fraction of sp³-hybridized carbons (Fsp3) is 0.150. The third-order valence-corrected chi connectivity index (χ3v) is 5.02. The number of nitrogens with one attached hydrogen (secondary N) is 1. The number of amides is 2. The maximum absolute atomic E-state index is 12.9. The van der Waals surface area contributed by atoms with Crippen LogP contribution in [-0.2, 0) is 9.59 Å². The van der Waals surface area contributed by atoms with Gasteiger partial charge in [-0.3, -0.25) is 19.5 Å².